The van der Waals surface area contributed by atoms with Gasteiger partial charge in [0.05, 0.1) is 35.1 Å². The molecule has 308 valence electrons. The second-order valence-electron chi connectivity index (χ2n) is 14.1. The minimum atomic E-state index is -0.633. The Morgan fingerprint density at radius 3 is 1.46 bits per heavy atom. The number of halogens is 4. The summed E-state index contributed by atoms with van der Waals surface area (Å²) in [5.74, 6) is -0.741. The average Bonchev–Trinajstić information content (AvgIpc) is 3.72. The highest BCUT2D eigenvalue weighted by Crippen LogP contribution is 2.48. The SMILES string of the molecule is O=C(C=Cc1ccc(Sc2ccc(C=CC(=O)NCCCN3C[C@H](O)CC3=O)c(-c3ccccc3Br)c2Cl)c(Cl)c1-c1ccccc1Br)NCCCN1C[C@H](O)CC1=O. The fraction of sp³-hybridized carbons (Fsp3) is 0.273. The molecule has 0 saturated carbocycles. The number of nitrogens with one attached hydrogen (secondary N) is 2. The maximum absolute atomic E-state index is 12.9. The van der Waals surface area contributed by atoms with Crippen molar-refractivity contribution in [2.75, 3.05) is 39.3 Å². The third kappa shape index (κ3) is 11.7. The molecule has 15 heteroatoms. The lowest BCUT2D eigenvalue weighted by molar-refractivity contribution is -0.128. The zero-order valence-electron chi connectivity index (χ0n) is 31.8. The Morgan fingerprint density at radius 1 is 0.678 bits per heavy atom. The van der Waals surface area contributed by atoms with Gasteiger partial charge in [0.1, 0.15) is 0 Å². The number of β-amino-alcohol motifs (C(OH)–C–C–N with tert-alkyl or cyclic N) is 2. The van der Waals surface area contributed by atoms with Crippen LogP contribution in [0.15, 0.2) is 104 Å². The molecule has 2 fully saturated rings. The smallest absolute Gasteiger partial charge is 0.244 e. The molecule has 0 radical (unpaired) electrons. The summed E-state index contributed by atoms with van der Waals surface area (Å²) in [7, 11) is 0. The molecular formula is C44H42Br2Cl2N4O6S. The van der Waals surface area contributed by atoms with E-state index >= 15 is 0 Å². The first-order chi connectivity index (χ1) is 28.4. The second kappa shape index (κ2) is 21.0. The molecule has 2 heterocycles. The summed E-state index contributed by atoms with van der Waals surface area (Å²) in [6.45, 7) is 2.31. The summed E-state index contributed by atoms with van der Waals surface area (Å²) in [5, 5.41) is 26.1. The maximum atomic E-state index is 12.9. The predicted octanol–water partition coefficient (Wildman–Crippen LogP) is 8.23. The zero-order valence-corrected chi connectivity index (χ0v) is 37.3. The third-order valence-corrected chi connectivity index (χ3v) is 13.3. The topological polar surface area (TPSA) is 139 Å². The summed E-state index contributed by atoms with van der Waals surface area (Å²) < 4.78 is 1.64. The van der Waals surface area contributed by atoms with E-state index in [0.717, 1.165) is 52.1 Å². The first-order valence-corrected chi connectivity index (χ1v) is 22.2. The van der Waals surface area contributed by atoms with E-state index in [-0.39, 0.29) is 36.5 Å². The third-order valence-electron chi connectivity index (χ3n) is 9.81. The van der Waals surface area contributed by atoms with E-state index in [1.165, 1.54) is 23.9 Å². The number of carbonyl (C=O) groups is 4. The fourth-order valence-corrected chi connectivity index (χ4v) is 9.56. The molecule has 6 rings (SSSR count). The van der Waals surface area contributed by atoms with E-state index in [1.807, 2.05) is 72.8 Å². The first-order valence-electron chi connectivity index (χ1n) is 19.1. The molecule has 0 spiro atoms. The maximum Gasteiger partial charge on any atom is 0.244 e. The predicted molar refractivity (Wildman–Crippen MR) is 241 cm³/mol. The van der Waals surface area contributed by atoms with Crippen molar-refractivity contribution in [3.63, 3.8) is 0 Å². The normalized spacial score (nSPS) is 16.8. The summed E-state index contributed by atoms with van der Waals surface area (Å²) in [4.78, 5) is 54.3. The molecule has 2 saturated heterocycles. The Kier molecular flexibility index (Phi) is 15.9. The van der Waals surface area contributed by atoms with Crippen LogP contribution >= 0.6 is 66.8 Å². The lowest BCUT2D eigenvalue weighted by Gasteiger charge is -2.17. The molecule has 0 bridgehead atoms. The molecule has 4 aromatic carbocycles. The molecule has 2 aliphatic heterocycles. The van der Waals surface area contributed by atoms with E-state index in [2.05, 4.69) is 42.5 Å². The molecule has 59 heavy (non-hydrogen) atoms. The zero-order chi connectivity index (χ0) is 42.1. The lowest BCUT2D eigenvalue weighted by Crippen LogP contribution is -2.30. The average molecular weight is 986 g/mol. The van der Waals surface area contributed by atoms with Crippen LogP contribution in [-0.2, 0) is 19.2 Å². The van der Waals surface area contributed by atoms with Gasteiger partial charge in [-0.15, -0.1) is 0 Å². The molecular weight excluding hydrogens is 943 g/mol. The highest BCUT2D eigenvalue weighted by molar-refractivity contribution is 9.11. The number of aliphatic hydroxyl groups is 2. The van der Waals surface area contributed by atoms with Crippen molar-refractivity contribution in [2.24, 2.45) is 0 Å². The van der Waals surface area contributed by atoms with Crippen LogP contribution in [0.25, 0.3) is 34.4 Å². The quantitative estimate of drug-likeness (QED) is 0.0656. The number of likely N-dealkylation sites (tertiary alicyclic amines) is 2. The summed E-state index contributed by atoms with van der Waals surface area (Å²) in [6.07, 6.45) is 6.50. The molecule has 10 nitrogen and oxygen atoms in total. The van der Waals surface area contributed by atoms with E-state index < -0.39 is 12.2 Å². The summed E-state index contributed by atoms with van der Waals surface area (Å²) >= 11 is 23.3. The van der Waals surface area contributed by atoms with E-state index in [1.54, 1.807) is 22.0 Å². The highest BCUT2D eigenvalue weighted by atomic mass is 79.9. The largest absolute Gasteiger partial charge is 0.391 e. The van der Waals surface area contributed by atoms with Gasteiger partial charge in [-0.3, -0.25) is 19.2 Å². The molecule has 2 aliphatic rings. The Hall–Kier alpha value is -3.95. The van der Waals surface area contributed by atoms with Gasteiger partial charge in [-0.2, -0.15) is 0 Å². The molecule has 0 aliphatic carbocycles. The van der Waals surface area contributed by atoms with Gasteiger partial charge < -0.3 is 30.6 Å². The number of hydrogen-bond acceptors (Lipinski definition) is 7. The van der Waals surface area contributed by atoms with Gasteiger partial charge in [-0.05, 0) is 71.5 Å². The van der Waals surface area contributed by atoms with Crippen molar-refractivity contribution in [3.05, 3.63) is 115 Å². The molecule has 0 aromatic heterocycles. The van der Waals surface area contributed by atoms with Gasteiger partial charge in [0, 0.05) is 81.3 Å². The van der Waals surface area contributed by atoms with Crippen molar-refractivity contribution in [1.82, 2.24) is 20.4 Å². The van der Waals surface area contributed by atoms with Gasteiger partial charge in [0.15, 0.2) is 0 Å². The monoisotopic (exact) mass is 982 g/mol. The number of benzene rings is 4. The number of carbonyl (C=O) groups excluding carboxylic acids is 4. The number of hydrogen-bond donors (Lipinski definition) is 4. The van der Waals surface area contributed by atoms with Crippen LogP contribution in [0.1, 0.15) is 36.8 Å². The van der Waals surface area contributed by atoms with Gasteiger partial charge in [-0.1, -0.05) is 115 Å². The van der Waals surface area contributed by atoms with E-state index in [9.17, 15) is 29.4 Å². The number of aliphatic hydroxyl groups excluding tert-OH is 2. The minimum Gasteiger partial charge on any atom is -0.391 e. The van der Waals surface area contributed by atoms with Crippen LogP contribution in [-0.4, -0.2) is 95.1 Å². The van der Waals surface area contributed by atoms with E-state index in [0.29, 0.717) is 62.2 Å². The van der Waals surface area contributed by atoms with Crippen LogP contribution in [0.4, 0.5) is 0 Å². The minimum absolute atomic E-state index is 0.0788. The molecule has 2 atom stereocenters. The van der Waals surface area contributed by atoms with Crippen molar-refractivity contribution >= 4 is 103 Å². The molecule has 4 N–H and O–H groups in total. The van der Waals surface area contributed by atoms with Crippen molar-refractivity contribution in [2.45, 2.75) is 47.7 Å². The molecule has 4 aromatic rings. The number of amides is 4. The van der Waals surface area contributed by atoms with Crippen LogP contribution in [0.3, 0.4) is 0 Å². The van der Waals surface area contributed by atoms with Crippen LogP contribution in [0, 0.1) is 0 Å². The Balaban J connectivity index is 1.21. The molecule has 4 amide bonds. The number of rotatable bonds is 16. The van der Waals surface area contributed by atoms with Gasteiger partial charge in [0.25, 0.3) is 0 Å². The van der Waals surface area contributed by atoms with E-state index in [4.69, 9.17) is 23.2 Å². The molecule has 0 unspecified atom stereocenters. The van der Waals surface area contributed by atoms with Gasteiger partial charge in [-0.25, -0.2) is 0 Å². The van der Waals surface area contributed by atoms with Crippen molar-refractivity contribution in [3.8, 4) is 22.3 Å². The summed E-state index contributed by atoms with van der Waals surface area (Å²) in [6, 6.07) is 23.0. The van der Waals surface area contributed by atoms with Crippen LogP contribution in [0.5, 0.6) is 0 Å². The fourth-order valence-electron chi connectivity index (χ4n) is 6.92. The Bertz CT molecular complexity index is 2130. The van der Waals surface area contributed by atoms with Crippen molar-refractivity contribution < 1.29 is 29.4 Å². The first kappa shape index (κ1) is 44.6. The second-order valence-corrected chi connectivity index (χ2v) is 17.6. The van der Waals surface area contributed by atoms with Crippen LogP contribution in [0.2, 0.25) is 10.0 Å². The lowest BCUT2D eigenvalue weighted by atomic mass is 9.99. The van der Waals surface area contributed by atoms with Crippen LogP contribution < -0.4 is 10.6 Å². The highest BCUT2D eigenvalue weighted by Gasteiger charge is 2.28. The van der Waals surface area contributed by atoms with Gasteiger partial charge >= 0.3 is 0 Å². The Labute approximate surface area is 374 Å². The Morgan fingerprint density at radius 2 is 1.08 bits per heavy atom. The van der Waals surface area contributed by atoms with Gasteiger partial charge in [0.2, 0.25) is 23.6 Å². The van der Waals surface area contributed by atoms with Crippen molar-refractivity contribution in [1.29, 1.82) is 0 Å². The number of nitrogens with zero attached hydrogens (tertiary/aromatic N) is 2. The standard InChI is InChI=1S/C44H42Br2Cl2N4O6S/c45-33-9-3-1-7-31(33)41-27(13-17-37(55)49-19-5-21-51-25-29(53)23-39(51)57)11-15-35(43(41)47)59-36-16-12-28(42(44(36)48)32-8-2-4-10-34(32)46)14-18-38(56)50-20-6-22-52-26-30(54)24-40(52)58/h1-4,7-18,29-30,53-54H,5-6,19-26H2,(H,49,55)(H,50,56)/t29-,30-/m1/s1. The summed E-state index contributed by atoms with van der Waals surface area (Å²) in [5.41, 5.74) is 4.55.